The summed E-state index contributed by atoms with van der Waals surface area (Å²) in [4.78, 5) is 17.2. The van der Waals surface area contributed by atoms with Crippen LogP contribution in [-0.2, 0) is 9.53 Å². The summed E-state index contributed by atoms with van der Waals surface area (Å²) in [6.45, 7) is 3.56. The fourth-order valence-electron chi connectivity index (χ4n) is 2.19. The highest BCUT2D eigenvalue weighted by Gasteiger charge is 2.32. The molecular formula is C13H14BrN3O2S2. The lowest BCUT2D eigenvalue weighted by atomic mass is 10.3. The molecule has 8 heteroatoms. The SMILES string of the molecule is O=C1/C(=C\c2ccc(Br)s2)NC(=S)N1CN1CCOCC1. The number of nitrogens with one attached hydrogen (secondary N) is 1. The number of ether oxygens (including phenoxy) is 1. The van der Waals surface area contributed by atoms with E-state index in [0.717, 1.165) is 21.8 Å². The van der Waals surface area contributed by atoms with E-state index in [1.807, 2.05) is 18.2 Å². The Hall–Kier alpha value is -0.800. The second-order valence-electron chi connectivity index (χ2n) is 4.74. The molecule has 1 aromatic rings. The first kappa shape index (κ1) is 15.1. The van der Waals surface area contributed by atoms with Crippen molar-refractivity contribution in [3.05, 3.63) is 26.5 Å². The number of morpholine rings is 1. The minimum absolute atomic E-state index is 0.0731. The largest absolute Gasteiger partial charge is 0.379 e. The molecule has 2 fully saturated rings. The van der Waals surface area contributed by atoms with Crippen LogP contribution in [-0.4, -0.2) is 53.8 Å². The molecule has 2 saturated heterocycles. The highest BCUT2D eigenvalue weighted by Crippen LogP contribution is 2.25. The van der Waals surface area contributed by atoms with E-state index in [4.69, 9.17) is 17.0 Å². The molecule has 21 heavy (non-hydrogen) atoms. The van der Waals surface area contributed by atoms with E-state index < -0.39 is 0 Å². The Bertz CT molecular complexity index is 596. The molecule has 0 radical (unpaired) electrons. The fraction of sp³-hybridized carbons (Fsp3) is 0.385. The first-order valence-corrected chi connectivity index (χ1v) is 8.55. The second-order valence-corrected chi connectivity index (χ2v) is 7.62. The molecule has 2 aliphatic heterocycles. The van der Waals surface area contributed by atoms with E-state index in [0.29, 0.717) is 30.7 Å². The lowest BCUT2D eigenvalue weighted by molar-refractivity contribution is -0.124. The number of halogens is 1. The van der Waals surface area contributed by atoms with Crippen molar-refractivity contribution >= 4 is 56.6 Å². The molecule has 0 unspecified atom stereocenters. The molecule has 5 nitrogen and oxygen atoms in total. The Kier molecular flexibility index (Phi) is 4.70. The van der Waals surface area contributed by atoms with Gasteiger partial charge in [-0.1, -0.05) is 0 Å². The van der Waals surface area contributed by atoms with Gasteiger partial charge < -0.3 is 10.1 Å². The summed E-state index contributed by atoms with van der Waals surface area (Å²) in [5.74, 6) is -0.0731. The molecule has 2 aliphatic rings. The topological polar surface area (TPSA) is 44.8 Å². The number of carbonyl (C=O) groups is 1. The Labute approximate surface area is 140 Å². The average Bonchev–Trinajstić information content (AvgIpc) is 2.99. The van der Waals surface area contributed by atoms with E-state index >= 15 is 0 Å². The third-order valence-corrected chi connectivity index (χ3v) is 5.18. The van der Waals surface area contributed by atoms with Crippen LogP contribution in [0.3, 0.4) is 0 Å². The van der Waals surface area contributed by atoms with Crippen LogP contribution in [0.5, 0.6) is 0 Å². The third kappa shape index (κ3) is 3.51. The van der Waals surface area contributed by atoms with Crippen LogP contribution in [0.2, 0.25) is 0 Å². The van der Waals surface area contributed by atoms with Gasteiger partial charge in [0.15, 0.2) is 5.11 Å². The molecule has 3 rings (SSSR count). The van der Waals surface area contributed by atoms with Crippen LogP contribution in [0.25, 0.3) is 6.08 Å². The number of nitrogens with zero attached hydrogens (tertiary/aromatic N) is 2. The van der Waals surface area contributed by atoms with Crippen LogP contribution < -0.4 is 5.32 Å². The normalized spacial score (nSPS) is 22.1. The molecule has 112 valence electrons. The van der Waals surface area contributed by atoms with Gasteiger partial charge in [-0.15, -0.1) is 11.3 Å². The molecule has 0 aromatic carbocycles. The fourth-order valence-corrected chi connectivity index (χ4v) is 3.81. The average molecular weight is 388 g/mol. The number of hydrogen-bond acceptors (Lipinski definition) is 5. The molecule has 0 aliphatic carbocycles. The summed E-state index contributed by atoms with van der Waals surface area (Å²) < 4.78 is 6.35. The molecular weight excluding hydrogens is 374 g/mol. The molecule has 3 heterocycles. The van der Waals surface area contributed by atoms with Gasteiger partial charge in [-0.05, 0) is 46.4 Å². The monoisotopic (exact) mass is 387 g/mol. The first-order chi connectivity index (χ1) is 10.1. The van der Waals surface area contributed by atoms with Gasteiger partial charge >= 0.3 is 0 Å². The Morgan fingerprint density at radius 2 is 2.19 bits per heavy atom. The quantitative estimate of drug-likeness (QED) is 0.633. The third-order valence-electron chi connectivity index (χ3n) is 3.29. The zero-order valence-electron chi connectivity index (χ0n) is 11.2. The van der Waals surface area contributed by atoms with Gasteiger partial charge in [0, 0.05) is 18.0 Å². The molecule has 0 spiro atoms. The van der Waals surface area contributed by atoms with Gasteiger partial charge in [0.25, 0.3) is 5.91 Å². The molecule has 0 saturated carbocycles. The molecule has 1 amide bonds. The van der Waals surface area contributed by atoms with Crippen molar-refractivity contribution in [1.29, 1.82) is 0 Å². The van der Waals surface area contributed by atoms with Crippen LogP contribution in [0.15, 0.2) is 21.6 Å². The van der Waals surface area contributed by atoms with Crippen LogP contribution in [0, 0.1) is 0 Å². The Balaban J connectivity index is 1.71. The van der Waals surface area contributed by atoms with E-state index in [1.54, 1.807) is 16.2 Å². The second kappa shape index (κ2) is 6.53. The first-order valence-electron chi connectivity index (χ1n) is 6.53. The minimum Gasteiger partial charge on any atom is -0.379 e. The predicted octanol–water partition coefficient (Wildman–Crippen LogP) is 1.86. The number of rotatable bonds is 3. The van der Waals surface area contributed by atoms with Gasteiger partial charge in [0.2, 0.25) is 0 Å². The number of hydrogen-bond donors (Lipinski definition) is 1. The van der Waals surface area contributed by atoms with Crippen molar-refractivity contribution in [3.63, 3.8) is 0 Å². The van der Waals surface area contributed by atoms with Crippen molar-refractivity contribution in [2.75, 3.05) is 33.0 Å². The lowest BCUT2D eigenvalue weighted by Crippen LogP contribution is -2.46. The highest BCUT2D eigenvalue weighted by atomic mass is 79.9. The molecule has 0 atom stereocenters. The Morgan fingerprint density at radius 3 is 2.86 bits per heavy atom. The number of thiocarbonyl (C=S) groups is 1. The lowest BCUT2D eigenvalue weighted by Gasteiger charge is -2.29. The van der Waals surface area contributed by atoms with Gasteiger partial charge in [0.1, 0.15) is 5.70 Å². The predicted molar refractivity (Wildman–Crippen MR) is 89.8 cm³/mol. The van der Waals surface area contributed by atoms with Gasteiger partial charge in [-0.25, -0.2) is 0 Å². The van der Waals surface area contributed by atoms with Crippen molar-refractivity contribution < 1.29 is 9.53 Å². The summed E-state index contributed by atoms with van der Waals surface area (Å²) in [6, 6.07) is 3.92. The smallest absolute Gasteiger partial charge is 0.277 e. The summed E-state index contributed by atoms with van der Waals surface area (Å²) in [5.41, 5.74) is 0.530. The zero-order chi connectivity index (χ0) is 14.8. The standard InChI is InChI=1S/C13H14BrN3O2S2/c14-11-2-1-9(21-11)7-10-12(18)17(13(20)15-10)8-16-3-5-19-6-4-16/h1-2,7H,3-6,8H2,(H,15,20)/b10-7+. The van der Waals surface area contributed by atoms with Crippen molar-refractivity contribution in [1.82, 2.24) is 15.1 Å². The highest BCUT2D eigenvalue weighted by molar-refractivity contribution is 9.11. The summed E-state index contributed by atoms with van der Waals surface area (Å²) >= 11 is 10.3. The Morgan fingerprint density at radius 1 is 1.43 bits per heavy atom. The van der Waals surface area contributed by atoms with Crippen molar-refractivity contribution in [3.8, 4) is 0 Å². The number of carbonyl (C=O) groups excluding carboxylic acids is 1. The van der Waals surface area contributed by atoms with Gasteiger partial charge in [-0.3, -0.25) is 14.6 Å². The van der Waals surface area contributed by atoms with Crippen LogP contribution >= 0.6 is 39.5 Å². The van der Waals surface area contributed by atoms with E-state index in [-0.39, 0.29) is 5.91 Å². The number of thiophene rings is 1. The van der Waals surface area contributed by atoms with Gasteiger partial charge in [-0.2, -0.15) is 0 Å². The maximum atomic E-state index is 12.4. The van der Waals surface area contributed by atoms with Gasteiger partial charge in [0.05, 0.1) is 23.7 Å². The summed E-state index contributed by atoms with van der Waals surface area (Å²) in [6.07, 6.45) is 1.84. The minimum atomic E-state index is -0.0731. The maximum Gasteiger partial charge on any atom is 0.277 e. The van der Waals surface area contributed by atoms with E-state index in [2.05, 4.69) is 26.1 Å². The maximum absolute atomic E-state index is 12.4. The number of amides is 1. The molecule has 1 N–H and O–H groups in total. The summed E-state index contributed by atoms with van der Waals surface area (Å²) in [5, 5.41) is 3.47. The van der Waals surface area contributed by atoms with Crippen molar-refractivity contribution in [2.24, 2.45) is 0 Å². The van der Waals surface area contributed by atoms with Crippen molar-refractivity contribution in [2.45, 2.75) is 0 Å². The van der Waals surface area contributed by atoms with Crippen LogP contribution in [0.1, 0.15) is 4.88 Å². The van der Waals surface area contributed by atoms with Crippen LogP contribution in [0.4, 0.5) is 0 Å². The molecule has 1 aromatic heterocycles. The summed E-state index contributed by atoms with van der Waals surface area (Å²) in [7, 11) is 0. The zero-order valence-corrected chi connectivity index (χ0v) is 14.4. The van der Waals surface area contributed by atoms with E-state index in [9.17, 15) is 4.79 Å². The van der Waals surface area contributed by atoms with E-state index in [1.165, 1.54) is 0 Å². The molecule has 0 bridgehead atoms.